The maximum atomic E-state index is 5.27. The monoisotopic (exact) mass is 731 g/mol. The molecule has 0 spiro atoms. The summed E-state index contributed by atoms with van der Waals surface area (Å²) < 4.78 is 0. The summed E-state index contributed by atoms with van der Waals surface area (Å²) in [5, 5.41) is 0. The molecule has 0 radical (unpaired) electrons. The molecule has 0 fully saturated rings. The first-order chi connectivity index (χ1) is 28.0. The van der Waals surface area contributed by atoms with Crippen molar-refractivity contribution in [2.24, 2.45) is 0 Å². The van der Waals surface area contributed by atoms with Crippen molar-refractivity contribution >= 4 is 0 Å². The molecule has 10 rings (SSSR count). The van der Waals surface area contributed by atoms with Crippen LogP contribution >= 0.6 is 0 Å². The van der Waals surface area contributed by atoms with Gasteiger partial charge in [-0.15, -0.1) is 0 Å². The van der Waals surface area contributed by atoms with Crippen molar-refractivity contribution in [1.29, 1.82) is 0 Å². The van der Waals surface area contributed by atoms with E-state index in [2.05, 4.69) is 153 Å². The quantitative estimate of drug-likeness (QED) is 0.163. The maximum absolute atomic E-state index is 5.27. The lowest BCUT2D eigenvalue weighted by Gasteiger charge is -2.21. The number of nitrogens with zero attached hydrogens (tertiary/aromatic N) is 5. The summed E-state index contributed by atoms with van der Waals surface area (Å²) in [6, 6.07) is 64.7. The topological polar surface area (TPSA) is 64.5 Å². The Bertz CT molecular complexity index is 2790. The minimum atomic E-state index is -0.161. The highest BCUT2D eigenvalue weighted by Gasteiger charge is 2.37. The third-order valence-electron chi connectivity index (χ3n) is 11.0. The number of benzene rings is 6. The average Bonchev–Trinajstić information content (AvgIpc) is 3.53. The van der Waals surface area contributed by atoms with E-state index in [1.807, 2.05) is 48.5 Å². The minimum Gasteiger partial charge on any atom is -0.248 e. The van der Waals surface area contributed by atoms with Gasteiger partial charge in [0, 0.05) is 44.4 Å². The lowest BCUT2D eigenvalue weighted by atomic mass is 9.82. The third-order valence-corrected chi connectivity index (χ3v) is 11.0. The summed E-state index contributed by atoms with van der Waals surface area (Å²) in [4.78, 5) is 25.9. The van der Waals surface area contributed by atoms with Crippen molar-refractivity contribution in [2.75, 3.05) is 0 Å². The van der Waals surface area contributed by atoms with E-state index < -0.39 is 0 Å². The van der Waals surface area contributed by atoms with Gasteiger partial charge in [0.2, 0.25) is 0 Å². The molecular weight excluding hydrogens is 695 g/mol. The molecule has 1 aliphatic rings. The molecule has 0 bridgehead atoms. The van der Waals surface area contributed by atoms with Crippen molar-refractivity contribution in [3.8, 4) is 90.3 Å². The lowest BCUT2D eigenvalue weighted by molar-refractivity contribution is 0.660. The minimum absolute atomic E-state index is 0.161. The standard InChI is InChI=1S/C52H37N5/c1-52(2)42-26-10-9-24-40(42)48-41(25-13-27-43(48)52)51-56-49(38-22-11-20-36(32-38)46-30-14-28-44(53-46)34-16-5-3-6-17-34)55-50(57-51)39-23-12-21-37(33-39)47-31-15-29-45(54-47)35-18-7-4-8-19-35/h3-33H,1-2H3. The van der Waals surface area contributed by atoms with Gasteiger partial charge in [-0.2, -0.15) is 0 Å². The van der Waals surface area contributed by atoms with Crippen molar-refractivity contribution in [1.82, 2.24) is 24.9 Å². The van der Waals surface area contributed by atoms with E-state index in [4.69, 9.17) is 24.9 Å². The number of hydrogen-bond donors (Lipinski definition) is 0. The second-order valence-corrected chi connectivity index (χ2v) is 14.9. The van der Waals surface area contributed by atoms with Crippen LogP contribution in [0.2, 0.25) is 0 Å². The van der Waals surface area contributed by atoms with Crippen molar-refractivity contribution in [3.05, 3.63) is 199 Å². The molecule has 9 aromatic rings. The number of pyridine rings is 2. The van der Waals surface area contributed by atoms with Gasteiger partial charge in [0.15, 0.2) is 17.5 Å². The lowest BCUT2D eigenvalue weighted by Crippen LogP contribution is -2.14. The van der Waals surface area contributed by atoms with Crippen molar-refractivity contribution < 1.29 is 0 Å². The fraction of sp³-hybridized carbons (Fsp3) is 0.0577. The summed E-state index contributed by atoms with van der Waals surface area (Å²) in [5.74, 6) is 1.81. The van der Waals surface area contributed by atoms with E-state index in [9.17, 15) is 0 Å². The SMILES string of the molecule is CC1(C)c2ccccc2-c2c(-c3nc(-c4cccc(-c5cccc(-c6ccccc6)n5)c4)nc(-c4cccc(-c5cccc(-c6ccccc6)n5)c4)n3)cccc21. The predicted octanol–water partition coefficient (Wildman–Crippen LogP) is 12.6. The van der Waals surface area contributed by atoms with Gasteiger partial charge in [0.25, 0.3) is 0 Å². The maximum Gasteiger partial charge on any atom is 0.164 e. The molecule has 0 amide bonds. The van der Waals surface area contributed by atoms with Gasteiger partial charge >= 0.3 is 0 Å². The van der Waals surface area contributed by atoms with Crippen LogP contribution in [0.15, 0.2) is 188 Å². The van der Waals surface area contributed by atoms with Gasteiger partial charge < -0.3 is 0 Å². The first-order valence-electron chi connectivity index (χ1n) is 19.3. The fourth-order valence-corrected chi connectivity index (χ4v) is 8.06. The van der Waals surface area contributed by atoms with Crippen LogP contribution in [0.3, 0.4) is 0 Å². The number of fused-ring (bicyclic) bond motifs is 3. The molecular formula is C52H37N5. The highest BCUT2D eigenvalue weighted by Crippen LogP contribution is 2.51. The van der Waals surface area contributed by atoms with E-state index in [-0.39, 0.29) is 5.41 Å². The van der Waals surface area contributed by atoms with Crippen LogP contribution in [-0.2, 0) is 5.41 Å². The summed E-state index contributed by atoms with van der Waals surface area (Å²) in [7, 11) is 0. The van der Waals surface area contributed by atoms with Crippen LogP contribution in [0, 0.1) is 0 Å². The first-order valence-corrected chi connectivity index (χ1v) is 19.3. The van der Waals surface area contributed by atoms with Crippen LogP contribution in [0.25, 0.3) is 90.3 Å². The Morgan fingerprint density at radius 3 is 1.25 bits per heavy atom. The molecule has 5 nitrogen and oxygen atoms in total. The van der Waals surface area contributed by atoms with Gasteiger partial charge in [-0.05, 0) is 58.7 Å². The Balaban J connectivity index is 1.13. The Morgan fingerprint density at radius 2 is 0.684 bits per heavy atom. The van der Waals surface area contributed by atoms with Crippen molar-refractivity contribution in [3.63, 3.8) is 0 Å². The smallest absolute Gasteiger partial charge is 0.164 e. The molecule has 57 heavy (non-hydrogen) atoms. The van der Waals surface area contributed by atoms with Gasteiger partial charge in [0.05, 0.1) is 22.8 Å². The summed E-state index contributed by atoms with van der Waals surface area (Å²) in [6.07, 6.45) is 0. The first kappa shape index (κ1) is 34.1. The summed E-state index contributed by atoms with van der Waals surface area (Å²) in [5.41, 5.74) is 15.3. The summed E-state index contributed by atoms with van der Waals surface area (Å²) >= 11 is 0. The van der Waals surface area contributed by atoms with Crippen LogP contribution in [-0.4, -0.2) is 24.9 Å². The zero-order chi connectivity index (χ0) is 38.3. The van der Waals surface area contributed by atoms with Gasteiger partial charge in [-0.3, -0.25) is 0 Å². The number of aromatic nitrogens is 5. The van der Waals surface area contributed by atoms with Gasteiger partial charge in [-0.25, -0.2) is 24.9 Å². The Morgan fingerprint density at radius 1 is 0.298 bits per heavy atom. The average molecular weight is 732 g/mol. The van der Waals surface area contributed by atoms with Crippen LogP contribution in [0.1, 0.15) is 25.0 Å². The second-order valence-electron chi connectivity index (χ2n) is 14.9. The molecule has 270 valence electrons. The Labute approximate surface area is 332 Å². The normalized spacial score (nSPS) is 12.5. The molecule has 1 aliphatic carbocycles. The van der Waals surface area contributed by atoms with E-state index in [0.29, 0.717) is 17.5 Å². The third kappa shape index (κ3) is 6.29. The summed E-state index contributed by atoms with van der Waals surface area (Å²) in [6.45, 7) is 4.59. The molecule has 0 N–H and O–H groups in total. The van der Waals surface area contributed by atoms with Gasteiger partial charge in [0.1, 0.15) is 0 Å². The molecule has 0 aliphatic heterocycles. The number of rotatable bonds is 7. The molecule has 3 heterocycles. The van der Waals surface area contributed by atoms with Crippen molar-refractivity contribution in [2.45, 2.75) is 19.3 Å². The van der Waals surface area contributed by atoms with Crippen LogP contribution in [0.4, 0.5) is 0 Å². The second kappa shape index (κ2) is 14.0. The highest BCUT2D eigenvalue weighted by molar-refractivity contribution is 5.91. The van der Waals surface area contributed by atoms with E-state index in [0.717, 1.165) is 61.7 Å². The largest absolute Gasteiger partial charge is 0.248 e. The molecule has 0 saturated carbocycles. The van der Waals surface area contributed by atoms with Crippen LogP contribution < -0.4 is 0 Å². The molecule has 0 atom stereocenters. The Hall–Kier alpha value is -7.37. The molecule has 5 heteroatoms. The zero-order valence-electron chi connectivity index (χ0n) is 31.6. The number of hydrogen-bond acceptors (Lipinski definition) is 5. The van der Waals surface area contributed by atoms with Crippen LogP contribution in [0.5, 0.6) is 0 Å². The predicted molar refractivity (Wildman–Crippen MR) is 231 cm³/mol. The molecule has 0 unspecified atom stereocenters. The molecule has 6 aromatic carbocycles. The highest BCUT2D eigenvalue weighted by atomic mass is 15.0. The zero-order valence-corrected chi connectivity index (χ0v) is 31.6. The Kier molecular flexibility index (Phi) is 8.41. The van der Waals surface area contributed by atoms with E-state index >= 15 is 0 Å². The van der Waals surface area contributed by atoms with E-state index in [1.165, 1.54) is 22.3 Å². The molecule has 0 saturated heterocycles. The molecule has 3 aromatic heterocycles. The van der Waals surface area contributed by atoms with Gasteiger partial charge in [-0.1, -0.05) is 166 Å². The van der Waals surface area contributed by atoms with E-state index in [1.54, 1.807) is 0 Å². The fourth-order valence-electron chi connectivity index (χ4n) is 8.06.